The van der Waals surface area contributed by atoms with Gasteiger partial charge in [0.05, 0.1) is 24.4 Å². The molecule has 4 aromatic rings. The number of nitrogens with zero attached hydrogens (tertiary/aromatic N) is 4. The minimum Gasteiger partial charge on any atom is -0.372 e. The monoisotopic (exact) mass is 478 g/mol. The summed E-state index contributed by atoms with van der Waals surface area (Å²) in [5.74, 6) is 1.72. The maximum atomic E-state index is 13.8. The van der Waals surface area contributed by atoms with Gasteiger partial charge in [0.1, 0.15) is 5.82 Å². The molecule has 6 rings (SSSR count). The summed E-state index contributed by atoms with van der Waals surface area (Å²) in [7, 11) is 0. The van der Waals surface area contributed by atoms with Gasteiger partial charge >= 0.3 is 0 Å². The molecule has 0 bridgehead atoms. The lowest BCUT2D eigenvalue weighted by Crippen LogP contribution is -2.47. The Morgan fingerprint density at radius 3 is 2.42 bits per heavy atom. The van der Waals surface area contributed by atoms with Crippen LogP contribution in [0.1, 0.15) is 35.5 Å². The Kier molecular flexibility index (Phi) is 5.89. The maximum absolute atomic E-state index is 13.8. The van der Waals surface area contributed by atoms with E-state index < -0.39 is 0 Å². The van der Waals surface area contributed by atoms with E-state index in [2.05, 4.69) is 43.0 Å². The van der Waals surface area contributed by atoms with Crippen LogP contribution in [0.3, 0.4) is 0 Å². The average Bonchev–Trinajstić information content (AvgIpc) is 2.91. The second-order valence-electron chi connectivity index (χ2n) is 9.83. The largest absolute Gasteiger partial charge is 0.372 e. The van der Waals surface area contributed by atoms with Crippen LogP contribution in [0, 0.1) is 0 Å². The molecule has 0 saturated carbocycles. The van der Waals surface area contributed by atoms with E-state index in [1.807, 2.05) is 53.4 Å². The number of aromatic nitrogens is 2. The lowest BCUT2D eigenvalue weighted by atomic mass is 10.0. The highest BCUT2D eigenvalue weighted by molar-refractivity contribution is 6.07. The van der Waals surface area contributed by atoms with Crippen LogP contribution >= 0.6 is 0 Å². The van der Waals surface area contributed by atoms with Crippen LogP contribution in [0.15, 0.2) is 72.8 Å². The number of carbonyl (C=O) groups is 1. The lowest BCUT2D eigenvalue weighted by molar-refractivity contribution is -0.00558. The third kappa shape index (κ3) is 4.22. The van der Waals surface area contributed by atoms with Crippen molar-refractivity contribution in [1.82, 2.24) is 14.9 Å². The topological polar surface area (TPSA) is 58.6 Å². The molecule has 36 heavy (non-hydrogen) atoms. The molecule has 0 radical (unpaired) electrons. The first-order valence-corrected chi connectivity index (χ1v) is 12.7. The second kappa shape index (κ2) is 9.36. The smallest absolute Gasteiger partial charge is 0.254 e. The molecule has 2 aliphatic rings. The third-order valence-electron chi connectivity index (χ3n) is 7.10. The van der Waals surface area contributed by atoms with Crippen molar-refractivity contribution in [1.29, 1.82) is 0 Å². The summed E-state index contributed by atoms with van der Waals surface area (Å²) in [6.07, 6.45) is 0.921. The van der Waals surface area contributed by atoms with Crippen molar-refractivity contribution in [2.75, 3.05) is 24.5 Å². The molecule has 0 N–H and O–H groups in total. The second-order valence-corrected chi connectivity index (χ2v) is 9.83. The summed E-state index contributed by atoms with van der Waals surface area (Å²) in [6, 6.07) is 24.2. The van der Waals surface area contributed by atoms with E-state index in [1.54, 1.807) is 0 Å². The number of ether oxygens (including phenoxy) is 1. The molecule has 6 heteroatoms. The SMILES string of the molecule is CC1CN(c2nc(-c3ccccc3)nc3c2CN(C(=O)c2cccc4ccccc24)CC3)CC(C)O1. The van der Waals surface area contributed by atoms with Gasteiger partial charge in [0.2, 0.25) is 0 Å². The van der Waals surface area contributed by atoms with Crippen LogP contribution in [0.2, 0.25) is 0 Å². The summed E-state index contributed by atoms with van der Waals surface area (Å²) in [5.41, 5.74) is 3.84. The number of fused-ring (bicyclic) bond motifs is 2. The summed E-state index contributed by atoms with van der Waals surface area (Å²) < 4.78 is 6.01. The number of carbonyl (C=O) groups excluding carboxylic acids is 1. The van der Waals surface area contributed by atoms with Crippen LogP contribution in [0.25, 0.3) is 22.2 Å². The van der Waals surface area contributed by atoms with E-state index in [4.69, 9.17) is 14.7 Å². The highest BCUT2D eigenvalue weighted by atomic mass is 16.5. The predicted molar refractivity (Wildman–Crippen MR) is 142 cm³/mol. The van der Waals surface area contributed by atoms with Crippen molar-refractivity contribution in [2.45, 2.75) is 39.0 Å². The Morgan fingerprint density at radius 2 is 1.61 bits per heavy atom. The van der Waals surface area contributed by atoms with Gasteiger partial charge in [-0.3, -0.25) is 4.79 Å². The normalized spacial score (nSPS) is 19.8. The van der Waals surface area contributed by atoms with Gasteiger partial charge in [-0.2, -0.15) is 0 Å². The Bertz CT molecular complexity index is 1410. The molecule has 1 amide bonds. The van der Waals surface area contributed by atoms with Gasteiger partial charge in [-0.05, 0) is 30.7 Å². The van der Waals surface area contributed by atoms with Crippen molar-refractivity contribution in [3.63, 3.8) is 0 Å². The van der Waals surface area contributed by atoms with Gasteiger partial charge in [-0.25, -0.2) is 9.97 Å². The molecule has 1 fully saturated rings. The average molecular weight is 479 g/mol. The molecule has 2 atom stereocenters. The molecule has 3 aromatic carbocycles. The molecule has 0 aliphatic carbocycles. The Hall–Kier alpha value is -3.77. The number of morpholine rings is 1. The first-order valence-electron chi connectivity index (χ1n) is 12.7. The van der Waals surface area contributed by atoms with Gasteiger partial charge in [0.25, 0.3) is 5.91 Å². The zero-order chi connectivity index (χ0) is 24.6. The van der Waals surface area contributed by atoms with Gasteiger partial charge in [0, 0.05) is 42.7 Å². The highest BCUT2D eigenvalue weighted by Crippen LogP contribution is 2.32. The zero-order valence-corrected chi connectivity index (χ0v) is 20.7. The van der Waals surface area contributed by atoms with E-state index in [-0.39, 0.29) is 18.1 Å². The highest BCUT2D eigenvalue weighted by Gasteiger charge is 2.31. The van der Waals surface area contributed by atoms with Crippen LogP contribution in [-0.4, -0.2) is 52.6 Å². The summed E-state index contributed by atoms with van der Waals surface area (Å²) in [5, 5.41) is 2.07. The number of amides is 1. The van der Waals surface area contributed by atoms with E-state index in [0.29, 0.717) is 19.5 Å². The fourth-order valence-corrected chi connectivity index (χ4v) is 5.48. The summed E-state index contributed by atoms with van der Waals surface area (Å²) in [4.78, 5) is 28.1. The fraction of sp³-hybridized carbons (Fsp3) is 0.300. The van der Waals surface area contributed by atoms with Gasteiger partial charge in [0.15, 0.2) is 5.82 Å². The quantitative estimate of drug-likeness (QED) is 0.410. The molecule has 182 valence electrons. The van der Waals surface area contributed by atoms with Crippen LogP contribution in [-0.2, 0) is 17.7 Å². The first kappa shape index (κ1) is 22.7. The molecule has 1 saturated heterocycles. The zero-order valence-electron chi connectivity index (χ0n) is 20.7. The molecule has 2 unspecified atom stereocenters. The molecular weight excluding hydrogens is 448 g/mol. The Labute approximate surface area is 211 Å². The van der Waals surface area contributed by atoms with E-state index in [0.717, 1.165) is 57.9 Å². The Balaban J connectivity index is 1.40. The van der Waals surface area contributed by atoms with Crippen LogP contribution < -0.4 is 4.90 Å². The predicted octanol–water partition coefficient (Wildman–Crippen LogP) is 5.11. The van der Waals surface area contributed by atoms with Crippen molar-refractivity contribution in [2.24, 2.45) is 0 Å². The number of hydrogen-bond donors (Lipinski definition) is 0. The number of rotatable bonds is 3. The number of hydrogen-bond acceptors (Lipinski definition) is 5. The molecule has 1 aromatic heterocycles. The summed E-state index contributed by atoms with van der Waals surface area (Å²) in [6.45, 7) is 6.87. The first-order chi connectivity index (χ1) is 17.6. The number of benzene rings is 3. The third-order valence-corrected chi connectivity index (χ3v) is 7.10. The fourth-order valence-electron chi connectivity index (χ4n) is 5.48. The van der Waals surface area contributed by atoms with Crippen molar-refractivity contribution < 1.29 is 9.53 Å². The molecule has 6 nitrogen and oxygen atoms in total. The minimum absolute atomic E-state index is 0.0549. The summed E-state index contributed by atoms with van der Waals surface area (Å²) >= 11 is 0. The van der Waals surface area contributed by atoms with Crippen LogP contribution in [0.5, 0.6) is 0 Å². The maximum Gasteiger partial charge on any atom is 0.254 e. The minimum atomic E-state index is 0.0549. The molecule has 3 heterocycles. The Morgan fingerprint density at radius 1 is 0.889 bits per heavy atom. The lowest BCUT2D eigenvalue weighted by Gasteiger charge is -2.39. The van der Waals surface area contributed by atoms with Gasteiger partial charge in [-0.15, -0.1) is 0 Å². The van der Waals surface area contributed by atoms with E-state index in [9.17, 15) is 4.79 Å². The van der Waals surface area contributed by atoms with Crippen molar-refractivity contribution in [3.8, 4) is 11.4 Å². The van der Waals surface area contributed by atoms with Crippen molar-refractivity contribution >= 4 is 22.5 Å². The standard InChI is InChI=1S/C30H30N4O2/c1-20-17-34(18-21(2)36-20)29-26-19-33(30(35)25-14-8-12-22-9-6-7-13-24(22)25)16-15-27(26)31-28(32-29)23-10-4-3-5-11-23/h3-14,20-21H,15-19H2,1-2H3. The molecule has 2 aliphatic heterocycles. The van der Waals surface area contributed by atoms with Gasteiger partial charge < -0.3 is 14.5 Å². The van der Waals surface area contributed by atoms with Crippen molar-refractivity contribution in [3.05, 3.63) is 89.6 Å². The van der Waals surface area contributed by atoms with E-state index >= 15 is 0 Å². The van der Waals surface area contributed by atoms with E-state index in [1.165, 1.54) is 0 Å². The van der Waals surface area contributed by atoms with Crippen LogP contribution in [0.4, 0.5) is 5.82 Å². The molecular formula is C30H30N4O2. The molecule has 0 spiro atoms. The van der Waals surface area contributed by atoms with Gasteiger partial charge in [-0.1, -0.05) is 66.7 Å². The number of anilines is 1.